The SMILES string of the molecule is Cc1ccc(C)c2sc(NC(=O)C3CCN(S(=O)(=O)c4ccccc4S(C)(=O)=O)CC3)nc12. The lowest BCUT2D eigenvalue weighted by atomic mass is 9.97. The van der Waals surface area contributed by atoms with Crippen molar-refractivity contribution in [2.24, 2.45) is 5.92 Å². The van der Waals surface area contributed by atoms with E-state index in [0.717, 1.165) is 27.6 Å². The predicted molar refractivity (Wildman–Crippen MR) is 129 cm³/mol. The van der Waals surface area contributed by atoms with Gasteiger partial charge in [-0.15, -0.1) is 0 Å². The molecule has 0 atom stereocenters. The number of hydrogen-bond donors (Lipinski definition) is 1. The molecule has 0 saturated carbocycles. The van der Waals surface area contributed by atoms with Crippen LogP contribution in [0.4, 0.5) is 5.13 Å². The van der Waals surface area contributed by atoms with Crippen LogP contribution in [0.5, 0.6) is 0 Å². The summed E-state index contributed by atoms with van der Waals surface area (Å²) in [5.74, 6) is -0.534. The summed E-state index contributed by atoms with van der Waals surface area (Å²) in [5.41, 5.74) is 3.02. The molecule has 1 aliphatic heterocycles. The molecule has 0 unspecified atom stereocenters. The summed E-state index contributed by atoms with van der Waals surface area (Å²) in [7, 11) is -7.71. The molecular weight excluding hydrogens is 482 g/mol. The first-order valence-electron chi connectivity index (χ1n) is 10.5. The number of aromatic nitrogens is 1. The second kappa shape index (κ2) is 8.79. The molecule has 0 bridgehead atoms. The first kappa shape index (κ1) is 23.8. The molecule has 1 saturated heterocycles. The third kappa shape index (κ3) is 4.68. The molecule has 11 heteroatoms. The highest BCUT2D eigenvalue weighted by Crippen LogP contribution is 2.32. The lowest BCUT2D eigenvalue weighted by Crippen LogP contribution is -2.41. The first-order valence-corrected chi connectivity index (χ1v) is 14.6. The van der Waals surface area contributed by atoms with Gasteiger partial charge in [0.25, 0.3) is 0 Å². The molecule has 1 amide bonds. The number of hydrogen-bond acceptors (Lipinski definition) is 7. The second-order valence-electron chi connectivity index (χ2n) is 8.28. The third-order valence-corrected chi connectivity index (χ3v) is 10.2. The van der Waals surface area contributed by atoms with Gasteiger partial charge in [-0.05, 0) is 49.9 Å². The molecule has 33 heavy (non-hydrogen) atoms. The minimum atomic E-state index is -4.00. The summed E-state index contributed by atoms with van der Waals surface area (Å²) in [4.78, 5) is 16.9. The maximum atomic E-state index is 13.1. The van der Waals surface area contributed by atoms with Crippen molar-refractivity contribution >= 4 is 52.5 Å². The van der Waals surface area contributed by atoms with E-state index < -0.39 is 19.9 Å². The molecule has 4 rings (SSSR count). The van der Waals surface area contributed by atoms with Gasteiger partial charge in [0.15, 0.2) is 15.0 Å². The van der Waals surface area contributed by atoms with Crippen molar-refractivity contribution in [2.45, 2.75) is 36.5 Å². The highest BCUT2D eigenvalue weighted by Gasteiger charge is 2.34. The summed E-state index contributed by atoms with van der Waals surface area (Å²) >= 11 is 1.43. The van der Waals surface area contributed by atoms with Crippen molar-refractivity contribution in [1.82, 2.24) is 9.29 Å². The molecular formula is C22H25N3O5S3. The largest absolute Gasteiger partial charge is 0.302 e. The van der Waals surface area contributed by atoms with E-state index in [9.17, 15) is 21.6 Å². The van der Waals surface area contributed by atoms with E-state index in [1.165, 1.54) is 39.9 Å². The molecule has 2 heterocycles. The second-order valence-corrected chi connectivity index (χ2v) is 13.2. The Kier molecular flexibility index (Phi) is 6.34. The summed E-state index contributed by atoms with van der Waals surface area (Å²) in [6, 6.07) is 9.63. The molecule has 8 nitrogen and oxygen atoms in total. The number of piperidine rings is 1. The number of anilines is 1. The van der Waals surface area contributed by atoms with Gasteiger partial charge in [-0.2, -0.15) is 4.31 Å². The van der Waals surface area contributed by atoms with Crippen LogP contribution in [-0.4, -0.2) is 51.4 Å². The lowest BCUT2D eigenvalue weighted by molar-refractivity contribution is -0.120. The number of carbonyl (C=O) groups excluding carboxylic acids is 1. The van der Waals surface area contributed by atoms with Crippen molar-refractivity contribution < 1.29 is 21.6 Å². The Morgan fingerprint density at radius 1 is 1.00 bits per heavy atom. The number of sulfone groups is 1. The molecule has 1 N–H and O–H groups in total. The van der Waals surface area contributed by atoms with Crippen LogP contribution >= 0.6 is 11.3 Å². The van der Waals surface area contributed by atoms with E-state index in [-0.39, 0.29) is 34.7 Å². The van der Waals surface area contributed by atoms with E-state index in [1.807, 2.05) is 26.0 Å². The van der Waals surface area contributed by atoms with Crippen molar-refractivity contribution in [3.05, 3.63) is 47.5 Å². The molecule has 0 aliphatic carbocycles. The number of carbonyl (C=O) groups is 1. The molecule has 1 aromatic heterocycles. The van der Waals surface area contributed by atoms with Crippen LogP contribution < -0.4 is 5.32 Å². The Bertz CT molecular complexity index is 1400. The number of nitrogens with zero attached hydrogens (tertiary/aromatic N) is 2. The summed E-state index contributed by atoms with van der Waals surface area (Å²) in [5, 5.41) is 3.42. The summed E-state index contributed by atoms with van der Waals surface area (Å²) in [6.45, 7) is 4.25. The van der Waals surface area contributed by atoms with Gasteiger partial charge >= 0.3 is 0 Å². The Balaban J connectivity index is 1.47. The molecule has 176 valence electrons. The summed E-state index contributed by atoms with van der Waals surface area (Å²) < 4.78 is 52.7. The maximum absolute atomic E-state index is 13.1. The van der Waals surface area contributed by atoms with E-state index in [4.69, 9.17) is 0 Å². The number of benzene rings is 2. The van der Waals surface area contributed by atoms with Gasteiger partial charge in [-0.3, -0.25) is 4.79 Å². The Hall–Kier alpha value is -2.34. The van der Waals surface area contributed by atoms with Gasteiger partial charge in [0.1, 0.15) is 4.90 Å². The quantitative estimate of drug-likeness (QED) is 0.567. The zero-order valence-corrected chi connectivity index (χ0v) is 21.0. The van der Waals surface area contributed by atoms with Crippen molar-refractivity contribution in [1.29, 1.82) is 0 Å². The highest BCUT2D eigenvalue weighted by atomic mass is 32.2. The molecule has 2 aromatic carbocycles. The van der Waals surface area contributed by atoms with Gasteiger partial charge in [-0.25, -0.2) is 21.8 Å². The van der Waals surface area contributed by atoms with Crippen molar-refractivity contribution in [2.75, 3.05) is 24.7 Å². The number of fused-ring (bicyclic) bond motifs is 1. The summed E-state index contributed by atoms with van der Waals surface area (Å²) in [6.07, 6.45) is 1.67. The van der Waals surface area contributed by atoms with E-state index >= 15 is 0 Å². The van der Waals surface area contributed by atoms with E-state index in [2.05, 4.69) is 10.3 Å². The third-order valence-electron chi connectivity index (χ3n) is 5.86. The number of aryl methyl sites for hydroxylation is 2. The fraction of sp³-hybridized carbons (Fsp3) is 0.364. The Labute approximate surface area is 197 Å². The molecule has 1 fully saturated rings. The normalized spacial score (nSPS) is 16.2. The number of sulfonamides is 1. The van der Waals surface area contributed by atoms with Gasteiger partial charge in [0.2, 0.25) is 15.9 Å². The lowest BCUT2D eigenvalue weighted by Gasteiger charge is -2.30. The van der Waals surface area contributed by atoms with Crippen LogP contribution in [0.2, 0.25) is 0 Å². The van der Waals surface area contributed by atoms with E-state index in [1.54, 1.807) is 0 Å². The monoisotopic (exact) mass is 507 g/mol. The average Bonchev–Trinajstić information content (AvgIpc) is 3.21. The van der Waals surface area contributed by atoms with Gasteiger partial charge in [0, 0.05) is 25.3 Å². The molecule has 1 aliphatic rings. The minimum absolute atomic E-state index is 0.135. The van der Waals surface area contributed by atoms with Crippen molar-refractivity contribution in [3.63, 3.8) is 0 Å². The molecule has 0 radical (unpaired) electrons. The predicted octanol–water partition coefficient (Wildman–Crippen LogP) is 3.36. The van der Waals surface area contributed by atoms with Crippen LogP contribution in [0.25, 0.3) is 10.2 Å². The van der Waals surface area contributed by atoms with Gasteiger partial charge < -0.3 is 5.32 Å². The number of rotatable bonds is 5. The molecule has 3 aromatic rings. The average molecular weight is 508 g/mol. The first-order chi connectivity index (χ1) is 15.5. The maximum Gasteiger partial charge on any atom is 0.244 e. The fourth-order valence-corrected chi connectivity index (χ4v) is 8.07. The van der Waals surface area contributed by atoms with Crippen LogP contribution in [0, 0.1) is 19.8 Å². The number of nitrogens with one attached hydrogen (secondary N) is 1. The molecule has 0 spiro atoms. The van der Waals surface area contributed by atoms with Crippen LogP contribution in [0.1, 0.15) is 24.0 Å². The Morgan fingerprint density at radius 2 is 1.61 bits per heavy atom. The van der Waals surface area contributed by atoms with Crippen LogP contribution in [-0.2, 0) is 24.7 Å². The minimum Gasteiger partial charge on any atom is -0.302 e. The zero-order chi connectivity index (χ0) is 24.0. The van der Waals surface area contributed by atoms with Crippen LogP contribution in [0.3, 0.4) is 0 Å². The highest BCUT2D eigenvalue weighted by molar-refractivity contribution is 7.93. The van der Waals surface area contributed by atoms with Crippen molar-refractivity contribution in [3.8, 4) is 0 Å². The zero-order valence-electron chi connectivity index (χ0n) is 18.5. The Morgan fingerprint density at radius 3 is 2.21 bits per heavy atom. The number of thiazole rings is 1. The van der Waals surface area contributed by atoms with Crippen LogP contribution in [0.15, 0.2) is 46.2 Å². The van der Waals surface area contributed by atoms with Gasteiger partial charge in [0.05, 0.1) is 15.1 Å². The van der Waals surface area contributed by atoms with E-state index in [0.29, 0.717) is 18.0 Å². The standard InChI is InChI=1S/C22H25N3O5S3/c1-14-8-9-15(2)20-19(14)23-22(31-20)24-21(26)16-10-12-25(13-11-16)33(29,30)18-7-5-4-6-17(18)32(3,27)28/h4-9,16H,10-13H2,1-3H3,(H,23,24,26). The fourth-order valence-electron chi connectivity index (χ4n) is 3.99. The topological polar surface area (TPSA) is 114 Å². The smallest absolute Gasteiger partial charge is 0.244 e. The number of amides is 1. The van der Waals surface area contributed by atoms with Gasteiger partial charge in [-0.1, -0.05) is 35.6 Å².